The van der Waals surface area contributed by atoms with Gasteiger partial charge in [0.1, 0.15) is 5.60 Å². The van der Waals surface area contributed by atoms with Crippen molar-refractivity contribution in [2.75, 3.05) is 13.1 Å². The first-order valence-electron chi connectivity index (χ1n) is 8.61. The monoisotopic (exact) mass is 338 g/mol. The fourth-order valence-electron chi connectivity index (χ4n) is 2.45. The van der Waals surface area contributed by atoms with Crippen LogP contribution in [0.25, 0.3) is 0 Å². The van der Waals surface area contributed by atoms with E-state index in [0.717, 1.165) is 25.8 Å². The van der Waals surface area contributed by atoms with Crippen molar-refractivity contribution in [3.05, 3.63) is 21.9 Å². The quantitative estimate of drug-likeness (QED) is 0.803. The molecule has 1 aromatic rings. The van der Waals surface area contributed by atoms with Crippen LogP contribution in [0.4, 0.5) is 4.79 Å². The van der Waals surface area contributed by atoms with E-state index in [9.17, 15) is 4.79 Å². The van der Waals surface area contributed by atoms with Gasteiger partial charge in [-0.25, -0.2) is 4.79 Å². The van der Waals surface area contributed by atoms with Crippen LogP contribution in [0.15, 0.2) is 12.1 Å². The second-order valence-electron chi connectivity index (χ2n) is 7.24. The van der Waals surface area contributed by atoms with Gasteiger partial charge in [-0.3, -0.25) is 0 Å². The molecule has 1 heterocycles. The minimum absolute atomic E-state index is 0.182. The highest BCUT2D eigenvalue weighted by molar-refractivity contribution is 7.12. The van der Waals surface area contributed by atoms with Crippen LogP contribution in [-0.2, 0) is 11.2 Å². The van der Waals surface area contributed by atoms with Gasteiger partial charge >= 0.3 is 6.09 Å². The van der Waals surface area contributed by atoms with Gasteiger partial charge in [0.15, 0.2) is 0 Å². The van der Waals surface area contributed by atoms with Crippen molar-refractivity contribution in [2.45, 2.75) is 71.6 Å². The van der Waals surface area contributed by atoms with Crippen LogP contribution in [0.3, 0.4) is 0 Å². The lowest BCUT2D eigenvalue weighted by molar-refractivity contribution is 0.0235. The van der Waals surface area contributed by atoms with Crippen molar-refractivity contribution in [3.63, 3.8) is 0 Å². The third-order valence-electron chi connectivity index (χ3n) is 3.88. The third kappa shape index (κ3) is 5.81. The summed E-state index contributed by atoms with van der Waals surface area (Å²) in [5.74, 6) is 0. The van der Waals surface area contributed by atoms with Gasteiger partial charge in [0, 0.05) is 34.9 Å². The van der Waals surface area contributed by atoms with Crippen LogP contribution >= 0.6 is 11.3 Å². The molecule has 1 aliphatic rings. The minimum atomic E-state index is -0.432. The molecule has 1 saturated carbocycles. The van der Waals surface area contributed by atoms with Crippen molar-refractivity contribution < 1.29 is 9.53 Å². The molecular weight excluding hydrogens is 308 g/mol. The summed E-state index contributed by atoms with van der Waals surface area (Å²) in [6.07, 6.45) is 3.10. The molecule has 0 radical (unpaired) electrons. The number of amides is 1. The van der Waals surface area contributed by atoms with E-state index < -0.39 is 5.60 Å². The lowest BCUT2D eigenvalue weighted by atomic mass is 10.2. The molecule has 5 heteroatoms. The minimum Gasteiger partial charge on any atom is -0.444 e. The van der Waals surface area contributed by atoms with Gasteiger partial charge in [0.05, 0.1) is 0 Å². The molecule has 1 unspecified atom stereocenters. The van der Waals surface area contributed by atoms with E-state index >= 15 is 0 Å². The Kier molecular flexibility index (Phi) is 6.09. The highest BCUT2D eigenvalue weighted by Gasteiger charge is 2.34. The van der Waals surface area contributed by atoms with E-state index in [1.165, 1.54) is 9.75 Å². The van der Waals surface area contributed by atoms with Gasteiger partial charge < -0.3 is 15.0 Å². The number of nitrogens with one attached hydrogen (secondary N) is 1. The summed E-state index contributed by atoms with van der Waals surface area (Å²) in [4.78, 5) is 17.0. The average molecular weight is 339 g/mol. The molecule has 1 aromatic heterocycles. The first-order valence-corrected chi connectivity index (χ1v) is 9.43. The summed E-state index contributed by atoms with van der Waals surface area (Å²) in [6.45, 7) is 11.6. The average Bonchev–Trinajstić information content (AvgIpc) is 3.17. The molecule has 23 heavy (non-hydrogen) atoms. The fraction of sp³-hybridized carbons (Fsp3) is 0.722. The first kappa shape index (κ1) is 18.3. The second-order valence-corrected chi connectivity index (χ2v) is 8.44. The van der Waals surface area contributed by atoms with Gasteiger partial charge in [-0.05, 0) is 59.1 Å². The fourth-order valence-corrected chi connectivity index (χ4v) is 3.43. The summed E-state index contributed by atoms with van der Waals surface area (Å²) in [5, 5.41) is 3.53. The molecule has 130 valence electrons. The molecule has 1 N–H and O–H groups in total. The number of hydrogen-bond acceptors (Lipinski definition) is 4. The van der Waals surface area contributed by atoms with Gasteiger partial charge in [-0.2, -0.15) is 0 Å². The van der Waals surface area contributed by atoms with Crippen LogP contribution in [0.2, 0.25) is 0 Å². The number of ether oxygens (including phenoxy) is 1. The van der Waals surface area contributed by atoms with Crippen LogP contribution in [0.1, 0.15) is 63.3 Å². The normalized spacial score (nSPS) is 16.2. The molecule has 4 nitrogen and oxygen atoms in total. The van der Waals surface area contributed by atoms with E-state index in [1.807, 2.05) is 37.0 Å². The van der Waals surface area contributed by atoms with Crippen molar-refractivity contribution in [2.24, 2.45) is 0 Å². The molecule has 1 atom stereocenters. The smallest absolute Gasteiger partial charge is 0.410 e. The van der Waals surface area contributed by atoms with Gasteiger partial charge in [0.25, 0.3) is 0 Å². The molecule has 1 amide bonds. The van der Waals surface area contributed by atoms with Crippen LogP contribution < -0.4 is 5.32 Å². The van der Waals surface area contributed by atoms with E-state index in [1.54, 1.807) is 0 Å². The Morgan fingerprint density at radius 3 is 2.65 bits per heavy atom. The molecule has 0 bridgehead atoms. The highest BCUT2D eigenvalue weighted by atomic mass is 32.1. The van der Waals surface area contributed by atoms with Crippen molar-refractivity contribution >= 4 is 17.4 Å². The number of nitrogens with zero attached hydrogens (tertiary/aromatic N) is 1. The Hall–Kier alpha value is -1.07. The molecule has 0 aliphatic heterocycles. The Balaban J connectivity index is 1.81. The number of rotatable bonds is 7. The Morgan fingerprint density at radius 1 is 1.43 bits per heavy atom. The van der Waals surface area contributed by atoms with Crippen LogP contribution in [0, 0.1) is 0 Å². The Labute approximate surface area is 144 Å². The largest absolute Gasteiger partial charge is 0.444 e. The highest BCUT2D eigenvalue weighted by Crippen LogP contribution is 2.28. The third-order valence-corrected chi connectivity index (χ3v) is 5.29. The van der Waals surface area contributed by atoms with Gasteiger partial charge in [0.2, 0.25) is 0 Å². The zero-order chi connectivity index (χ0) is 17.0. The standard InChI is InChI=1S/C18H30N2O2S/c1-6-15-9-10-16(23-15)13(2)19-11-12-20(14-7-8-14)17(21)22-18(3,4)5/h9-10,13-14,19H,6-8,11-12H2,1-5H3. The summed E-state index contributed by atoms with van der Waals surface area (Å²) >= 11 is 1.86. The Bertz CT molecular complexity index is 517. The second kappa shape index (κ2) is 7.67. The predicted octanol–water partition coefficient (Wildman–Crippen LogP) is 4.36. The lowest BCUT2D eigenvalue weighted by Gasteiger charge is -2.28. The summed E-state index contributed by atoms with van der Waals surface area (Å²) in [5.41, 5.74) is -0.432. The van der Waals surface area contributed by atoms with E-state index in [2.05, 4.69) is 31.3 Å². The topological polar surface area (TPSA) is 41.6 Å². The van der Waals surface area contributed by atoms with Crippen LogP contribution in [0.5, 0.6) is 0 Å². The maximum Gasteiger partial charge on any atom is 0.410 e. The SMILES string of the molecule is CCc1ccc(C(C)NCCN(C(=O)OC(C)(C)C)C2CC2)s1. The van der Waals surface area contributed by atoms with E-state index in [0.29, 0.717) is 18.6 Å². The van der Waals surface area contributed by atoms with Gasteiger partial charge in [-0.1, -0.05) is 6.92 Å². The number of aryl methyl sites for hydroxylation is 1. The van der Waals surface area contributed by atoms with Crippen molar-refractivity contribution in [1.82, 2.24) is 10.2 Å². The molecule has 0 saturated heterocycles. The van der Waals surface area contributed by atoms with Crippen molar-refractivity contribution in [3.8, 4) is 0 Å². The molecule has 1 aliphatic carbocycles. The number of thiophene rings is 1. The molecule has 0 aromatic carbocycles. The van der Waals surface area contributed by atoms with Crippen LogP contribution in [-0.4, -0.2) is 35.7 Å². The summed E-state index contributed by atoms with van der Waals surface area (Å²) in [7, 11) is 0. The maximum absolute atomic E-state index is 12.3. The van der Waals surface area contributed by atoms with E-state index in [-0.39, 0.29) is 6.09 Å². The Morgan fingerprint density at radius 2 is 2.13 bits per heavy atom. The predicted molar refractivity (Wildman–Crippen MR) is 96.1 cm³/mol. The maximum atomic E-state index is 12.3. The summed E-state index contributed by atoms with van der Waals surface area (Å²) in [6, 6.07) is 5.10. The van der Waals surface area contributed by atoms with Crippen molar-refractivity contribution in [1.29, 1.82) is 0 Å². The number of carbonyl (C=O) groups excluding carboxylic acids is 1. The molecular formula is C18H30N2O2S. The number of hydrogen-bond donors (Lipinski definition) is 1. The van der Waals surface area contributed by atoms with Gasteiger partial charge in [-0.15, -0.1) is 11.3 Å². The molecule has 2 rings (SSSR count). The lowest BCUT2D eigenvalue weighted by Crippen LogP contribution is -2.42. The molecule has 1 fully saturated rings. The first-order chi connectivity index (χ1) is 10.8. The number of carbonyl (C=O) groups is 1. The van der Waals surface area contributed by atoms with E-state index in [4.69, 9.17) is 4.74 Å². The summed E-state index contributed by atoms with van der Waals surface area (Å²) < 4.78 is 5.52. The molecule has 0 spiro atoms. The zero-order valence-electron chi connectivity index (χ0n) is 15.0. The zero-order valence-corrected chi connectivity index (χ0v) is 15.8.